The highest BCUT2D eigenvalue weighted by molar-refractivity contribution is 8.13. The lowest BCUT2D eigenvalue weighted by atomic mass is 10.2. The second-order valence-electron chi connectivity index (χ2n) is 4.44. The molecule has 2 rings (SSSR count). The number of carbonyl (C=O) groups is 1. The van der Waals surface area contributed by atoms with Gasteiger partial charge in [-0.1, -0.05) is 34.8 Å². The number of hydrogen-bond acceptors (Lipinski definition) is 3. The summed E-state index contributed by atoms with van der Waals surface area (Å²) < 4.78 is 22.9. The van der Waals surface area contributed by atoms with Crippen LogP contribution in [-0.2, 0) is 9.05 Å². The Morgan fingerprint density at radius 2 is 1.80 bits per heavy atom. The first-order chi connectivity index (χ1) is 9.14. The Kier molecular flexibility index (Phi) is 4.48. The van der Waals surface area contributed by atoms with Gasteiger partial charge >= 0.3 is 0 Å². The third kappa shape index (κ3) is 3.02. The topological polar surface area (TPSA) is 54.5 Å². The predicted molar refractivity (Wildman–Crippen MR) is 79.6 cm³/mol. The van der Waals surface area contributed by atoms with Gasteiger partial charge in [-0.15, -0.1) is 0 Å². The van der Waals surface area contributed by atoms with Crippen molar-refractivity contribution in [2.45, 2.75) is 23.8 Å². The van der Waals surface area contributed by atoms with Crippen molar-refractivity contribution < 1.29 is 13.2 Å². The van der Waals surface area contributed by atoms with Crippen LogP contribution in [0.4, 0.5) is 0 Å². The van der Waals surface area contributed by atoms with Crippen molar-refractivity contribution in [3.05, 3.63) is 26.7 Å². The first-order valence-corrected chi connectivity index (χ1v) is 8.98. The molecule has 0 N–H and O–H groups in total. The van der Waals surface area contributed by atoms with Gasteiger partial charge in [-0.05, 0) is 18.9 Å². The number of hydrogen-bond donors (Lipinski definition) is 0. The van der Waals surface area contributed by atoms with Crippen molar-refractivity contribution in [2.24, 2.45) is 0 Å². The number of rotatable bonds is 3. The molecule has 0 aliphatic heterocycles. The highest BCUT2D eigenvalue weighted by Crippen LogP contribution is 2.39. The normalized spacial score (nSPS) is 15.2. The van der Waals surface area contributed by atoms with Crippen LogP contribution in [0.25, 0.3) is 0 Å². The molecule has 0 radical (unpaired) electrons. The third-order valence-electron chi connectivity index (χ3n) is 3.01. The Morgan fingerprint density at radius 1 is 1.25 bits per heavy atom. The van der Waals surface area contributed by atoms with Crippen LogP contribution in [0.1, 0.15) is 23.2 Å². The maximum atomic E-state index is 12.4. The summed E-state index contributed by atoms with van der Waals surface area (Å²) in [4.78, 5) is 13.4. The minimum Gasteiger partial charge on any atom is -0.339 e. The monoisotopic (exact) mass is 375 g/mol. The second-order valence-corrected chi connectivity index (χ2v) is 8.14. The summed E-state index contributed by atoms with van der Waals surface area (Å²) in [5.74, 6) is -0.480. The molecule has 1 aromatic rings. The molecular formula is C11H9Cl4NO3S. The van der Waals surface area contributed by atoms with Gasteiger partial charge in [-0.3, -0.25) is 4.79 Å². The lowest BCUT2D eigenvalue weighted by Gasteiger charge is -2.19. The van der Waals surface area contributed by atoms with E-state index in [0.29, 0.717) is 0 Å². The molecule has 0 heterocycles. The van der Waals surface area contributed by atoms with E-state index in [-0.39, 0.29) is 26.7 Å². The summed E-state index contributed by atoms with van der Waals surface area (Å²) in [5.41, 5.74) is -0.144. The molecule has 1 saturated carbocycles. The van der Waals surface area contributed by atoms with Gasteiger partial charge in [0, 0.05) is 23.8 Å². The van der Waals surface area contributed by atoms with E-state index in [1.165, 1.54) is 4.90 Å². The van der Waals surface area contributed by atoms with Crippen molar-refractivity contribution in [3.8, 4) is 0 Å². The molecule has 1 aliphatic rings. The summed E-state index contributed by atoms with van der Waals surface area (Å²) in [6.07, 6.45) is 1.78. The van der Waals surface area contributed by atoms with Gasteiger partial charge in [0.2, 0.25) is 0 Å². The zero-order valence-electron chi connectivity index (χ0n) is 10.2. The van der Waals surface area contributed by atoms with Crippen LogP contribution in [0.3, 0.4) is 0 Å². The molecule has 9 heteroatoms. The summed E-state index contributed by atoms with van der Waals surface area (Å²) in [6, 6.07) is 1.15. The average molecular weight is 377 g/mol. The van der Waals surface area contributed by atoms with Gasteiger partial charge in [-0.25, -0.2) is 8.42 Å². The molecule has 4 nitrogen and oxygen atoms in total. The predicted octanol–water partition coefficient (Wildman–Crippen LogP) is 3.81. The number of benzene rings is 1. The minimum absolute atomic E-state index is 0.0850. The molecule has 1 aromatic carbocycles. The molecular weight excluding hydrogens is 368 g/mol. The molecule has 0 aromatic heterocycles. The van der Waals surface area contributed by atoms with Crippen molar-refractivity contribution >= 4 is 60.4 Å². The largest absolute Gasteiger partial charge is 0.339 e. The second kappa shape index (κ2) is 5.54. The van der Waals surface area contributed by atoms with Crippen molar-refractivity contribution in [1.29, 1.82) is 0 Å². The molecule has 20 heavy (non-hydrogen) atoms. The van der Waals surface area contributed by atoms with Crippen molar-refractivity contribution in [1.82, 2.24) is 4.90 Å². The Labute approximate surface area is 136 Å². The highest BCUT2D eigenvalue weighted by atomic mass is 35.7. The van der Waals surface area contributed by atoms with Crippen LogP contribution < -0.4 is 0 Å². The van der Waals surface area contributed by atoms with Gasteiger partial charge in [0.15, 0.2) is 0 Å². The molecule has 110 valence electrons. The van der Waals surface area contributed by atoms with E-state index in [0.717, 1.165) is 18.9 Å². The molecule has 1 fully saturated rings. The zero-order valence-corrected chi connectivity index (χ0v) is 14.0. The Hall–Kier alpha value is -0.200. The Balaban J connectivity index is 2.62. The summed E-state index contributed by atoms with van der Waals surface area (Å²) in [6.45, 7) is 0. The van der Waals surface area contributed by atoms with Crippen LogP contribution in [0.5, 0.6) is 0 Å². The SMILES string of the molecule is CN(C(=O)c1c(Cl)c(Cl)cc(S(=O)(=O)Cl)c1Cl)C1CC1. The molecule has 1 amide bonds. The van der Waals surface area contributed by atoms with Crippen LogP contribution >= 0.6 is 45.5 Å². The molecule has 0 saturated heterocycles. The van der Waals surface area contributed by atoms with Gasteiger partial charge in [-0.2, -0.15) is 0 Å². The van der Waals surface area contributed by atoms with E-state index in [1.54, 1.807) is 7.05 Å². The van der Waals surface area contributed by atoms with Crippen LogP contribution in [0, 0.1) is 0 Å². The fourth-order valence-electron chi connectivity index (χ4n) is 1.75. The lowest BCUT2D eigenvalue weighted by molar-refractivity contribution is 0.0785. The van der Waals surface area contributed by atoms with Crippen LogP contribution in [0.15, 0.2) is 11.0 Å². The smallest absolute Gasteiger partial charge is 0.262 e. The molecule has 0 atom stereocenters. The molecule has 0 bridgehead atoms. The van der Waals surface area contributed by atoms with E-state index < -0.39 is 19.9 Å². The van der Waals surface area contributed by atoms with Crippen molar-refractivity contribution in [2.75, 3.05) is 7.05 Å². The number of amides is 1. The summed E-state index contributed by atoms with van der Waals surface area (Å²) in [5, 5.41) is -0.493. The zero-order chi connectivity index (χ0) is 15.2. The van der Waals surface area contributed by atoms with Crippen LogP contribution in [-0.4, -0.2) is 32.3 Å². The van der Waals surface area contributed by atoms with Gasteiger partial charge < -0.3 is 4.90 Å². The van der Waals surface area contributed by atoms with Gasteiger partial charge in [0.05, 0.1) is 20.6 Å². The molecule has 0 spiro atoms. The van der Waals surface area contributed by atoms with E-state index >= 15 is 0 Å². The lowest BCUT2D eigenvalue weighted by Crippen LogP contribution is -2.29. The van der Waals surface area contributed by atoms with Gasteiger partial charge in [0.1, 0.15) is 4.90 Å². The Bertz CT molecular complexity index is 685. The minimum atomic E-state index is -4.13. The first kappa shape index (κ1) is 16.2. The first-order valence-electron chi connectivity index (χ1n) is 5.54. The van der Waals surface area contributed by atoms with Gasteiger partial charge in [0.25, 0.3) is 15.0 Å². The highest BCUT2D eigenvalue weighted by Gasteiger charge is 2.34. The summed E-state index contributed by atoms with van der Waals surface area (Å²) in [7, 11) is 2.75. The maximum absolute atomic E-state index is 12.4. The summed E-state index contributed by atoms with van der Waals surface area (Å²) >= 11 is 17.8. The fourth-order valence-corrected chi connectivity index (χ4v) is 3.89. The standard InChI is InChI=1S/C11H9Cl4NO3S/c1-16(5-2-3-5)11(17)8-9(13)6(12)4-7(10(8)14)20(15,18)19/h4-5H,2-3H2,1H3. The van der Waals surface area contributed by atoms with E-state index in [9.17, 15) is 13.2 Å². The van der Waals surface area contributed by atoms with Crippen LogP contribution in [0.2, 0.25) is 15.1 Å². The third-order valence-corrected chi connectivity index (χ3v) is 5.65. The average Bonchev–Trinajstić information content (AvgIpc) is 3.15. The molecule has 0 unspecified atom stereocenters. The van der Waals surface area contributed by atoms with E-state index in [1.807, 2.05) is 0 Å². The number of nitrogens with zero attached hydrogens (tertiary/aromatic N) is 1. The Morgan fingerprint density at radius 3 is 2.25 bits per heavy atom. The molecule has 1 aliphatic carbocycles. The van der Waals surface area contributed by atoms with E-state index in [2.05, 4.69) is 0 Å². The number of halogens is 4. The quantitative estimate of drug-likeness (QED) is 0.595. The number of carbonyl (C=O) groups excluding carboxylic acids is 1. The maximum Gasteiger partial charge on any atom is 0.262 e. The van der Waals surface area contributed by atoms with Crippen molar-refractivity contribution in [3.63, 3.8) is 0 Å². The fraction of sp³-hybridized carbons (Fsp3) is 0.364. The van der Waals surface area contributed by atoms with E-state index in [4.69, 9.17) is 45.5 Å².